The maximum absolute atomic E-state index is 12.6. The molecule has 0 spiro atoms. The van der Waals surface area contributed by atoms with E-state index in [9.17, 15) is 13.2 Å². The van der Waals surface area contributed by atoms with E-state index in [0.717, 1.165) is 0 Å². The average Bonchev–Trinajstić information content (AvgIpc) is 3.09. The number of hydrogen-bond acceptors (Lipinski definition) is 6. The quantitative estimate of drug-likeness (QED) is 0.772. The van der Waals surface area contributed by atoms with Crippen molar-refractivity contribution in [2.24, 2.45) is 11.3 Å². The van der Waals surface area contributed by atoms with Crippen LogP contribution in [0.25, 0.3) is 0 Å². The van der Waals surface area contributed by atoms with Crippen LogP contribution in [-0.2, 0) is 14.8 Å². The number of rotatable bonds is 4. The number of hydrogen-bond donors (Lipinski definition) is 0. The molecule has 2 atom stereocenters. The van der Waals surface area contributed by atoms with E-state index >= 15 is 0 Å². The minimum atomic E-state index is -3.26. The number of methoxy groups -OCH3 is 1. The van der Waals surface area contributed by atoms with Crippen LogP contribution in [0.1, 0.15) is 22.7 Å². The second kappa shape index (κ2) is 6.12. The van der Waals surface area contributed by atoms with Gasteiger partial charge in [0, 0.05) is 44.8 Å². The monoisotopic (exact) mass is 357 g/mol. The molecule has 0 aromatic carbocycles. The zero-order valence-electron chi connectivity index (χ0n) is 14.2. The number of ether oxygens (including phenoxy) is 1. The summed E-state index contributed by atoms with van der Waals surface area (Å²) in [5, 5.41) is 3.79. The normalized spacial score (nSPS) is 28.1. The molecule has 0 saturated carbocycles. The third-order valence-corrected chi connectivity index (χ3v) is 6.35. The third-order valence-electron chi connectivity index (χ3n) is 5.14. The Kier molecular flexibility index (Phi) is 4.43. The average molecular weight is 357 g/mol. The van der Waals surface area contributed by atoms with Crippen LogP contribution in [0.4, 0.5) is 0 Å². The molecule has 9 heteroatoms. The lowest BCUT2D eigenvalue weighted by molar-refractivity contribution is 0.00310. The van der Waals surface area contributed by atoms with E-state index in [1.165, 1.54) is 10.6 Å². The number of carbonyl (C=O) groups excluding carboxylic acids is 1. The summed E-state index contributed by atoms with van der Waals surface area (Å²) in [6.07, 6.45) is 1.94. The van der Waals surface area contributed by atoms with Gasteiger partial charge >= 0.3 is 0 Å². The lowest BCUT2D eigenvalue weighted by Gasteiger charge is -2.42. The molecule has 3 rings (SSSR count). The minimum absolute atomic E-state index is 0.0536. The van der Waals surface area contributed by atoms with Gasteiger partial charge < -0.3 is 14.2 Å². The highest BCUT2D eigenvalue weighted by Crippen LogP contribution is 2.44. The Bertz CT molecular complexity index is 731. The Labute approximate surface area is 141 Å². The van der Waals surface area contributed by atoms with E-state index in [2.05, 4.69) is 5.16 Å². The maximum atomic E-state index is 12.6. The van der Waals surface area contributed by atoms with Crippen molar-refractivity contribution in [3.8, 4) is 0 Å². The summed E-state index contributed by atoms with van der Waals surface area (Å²) in [5.41, 5.74) is 0.0682. The topological polar surface area (TPSA) is 92.9 Å². The highest BCUT2D eigenvalue weighted by molar-refractivity contribution is 7.88. The van der Waals surface area contributed by atoms with Gasteiger partial charge in [0.15, 0.2) is 5.69 Å². The number of fused-ring (bicyclic) bond motifs is 1. The van der Waals surface area contributed by atoms with E-state index < -0.39 is 10.0 Å². The number of aromatic nitrogens is 1. The molecule has 2 unspecified atom stereocenters. The Hall–Kier alpha value is -1.45. The molecule has 1 aromatic rings. The first kappa shape index (κ1) is 17.4. The summed E-state index contributed by atoms with van der Waals surface area (Å²) in [7, 11) is -1.63. The first-order valence-electron chi connectivity index (χ1n) is 7.92. The van der Waals surface area contributed by atoms with E-state index in [-0.39, 0.29) is 17.2 Å². The van der Waals surface area contributed by atoms with E-state index in [0.29, 0.717) is 50.7 Å². The molecular formula is C15H23N3O5S. The summed E-state index contributed by atoms with van der Waals surface area (Å²) in [5.74, 6) is 0.474. The highest BCUT2D eigenvalue weighted by atomic mass is 32.2. The number of amides is 1. The molecule has 0 radical (unpaired) electrons. The molecule has 8 nitrogen and oxygen atoms in total. The summed E-state index contributed by atoms with van der Waals surface area (Å²) in [6.45, 7) is 4.17. The van der Waals surface area contributed by atoms with Gasteiger partial charge in [0.05, 0.1) is 12.9 Å². The number of aryl methyl sites for hydroxylation is 1. The van der Waals surface area contributed by atoms with Crippen LogP contribution >= 0.6 is 0 Å². The molecule has 0 N–H and O–H groups in total. The van der Waals surface area contributed by atoms with Gasteiger partial charge in [-0.2, -0.15) is 0 Å². The van der Waals surface area contributed by atoms with Crippen LogP contribution in [0.3, 0.4) is 0 Å². The van der Waals surface area contributed by atoms with Crippen molar-refractivity contribution in [2.75, 3.05) is 46.2 Å². The lowest BCUT2D eigenvalue weighted by Crippen LogP contribution is -2.50. The molecule has 2 aliphatic rings. The van der Waals surface area contributed by atoms with Gasteiger partial charge in [0.1, 0.15) is 5.76 Å². The van der Waals surface area contributed by atoms with Crippen molar-refractivity contribution >= 4 is 15.9 Å². The van der Waals surface area contributed by atoms with Crippen molar-refractivity contribution in [1.82, 2.24) is 14.4 Å². The van der Waals surface area contributed by atoms with Crippen LogP contribution < -0.4 is 0 Å². The molecule has 0 aliphatic carbocycles. The molecule has 2 fully saturated rings. The zero-order valence-corrected chi connectivity index (χ0v) is 15.0. The Morgan fingerprint density at radius 1 is 1.50 bits per heavy atom. The Morgan fingerprint density at radius 3 is 2.83 bits per heavy atom. The Balaban J connectivity index is 1.79. The number of sulfonamides is 1. The predicted molar refractivity (Wildman–Crippen MR) is 86.0 cm³/mol. The van der Waals surface area contributed by atoms with Crippen molar-refractivity contribution in [3.05, 3.63) is 17.5 Å². The van der Waals surface area contributed by atoms with Gasteiger partial charge in [0.2, 0.25) is 10.0 Å². The molecule has 2 saturated heterocycles. The predicted octanol–water partition coefficient (Wildman–Crippen LogP) is 0.353. The highest BCUT2D eigenvalue weighted by Gasteiger charge is 2.52. The molecular weight excluding hydrogens is 334 g/mol. The first-order chi connectivity index (χ1) is 11.2. The largest absolute Gasteiger partial charge is 0.384 e. The van der Waals surface area contributed by atoms with Crippen molar-refractivity contribution in [3.63, 3.8) is 0 Å². The summed E-state index contributed by atoms with van der Waals surface area (Å²) >= 11 is 0. The standard InChI is InChI=1S/C15H23N3O5S/c1-11-6-13(16-23-11)14(19)17-5-4-15(10-22-2)9-18(24(3,20)21)8-12(15)7-17/h6,12H,4-5,7-10H2,1-3H3. The maximum Gasteiger partial charge on any atom is 0.276 e. The third kappa shape index (κ3) is 3.07. The van der Waals surface area contributed by atoms with E-state index in [1.54, 1.807) is 25.0 Å². The molecule has 134 valence electrons. The molecule has 24 heavy (non-hydrogen) atoms. The molecule has 0 bridgehead atoms. The first-order valence-corrected chi connectivity index (χ1v) is 9.77. The van der Waals surface area contributed by atoms with Crippen LogP contribution in [-0.4, -0.2) is 74.8 Å². The van der Waals surface area contributed by atoms with Gasteiger partial charge in [-0.25, -0.2) is 12.7 Å². The van der Waals surface area contributed by atoms with Crippen molar-refractivity contribution < 1.29 is 22.5 Å². The smallest absolute Gasteiger partial charge is 0.276 e. The van der Waals surface area contributed by atoms with E-state index in [1.807, 2.05) is 0 Å². The van der Waals surface area contributed by atoms with E-state index in [4.69, 9.17) is 9.26 Å². The molecule has 2 aliphatic heterocycles. The fraction of sp³-hybridized carbons (Fsp3) is 0.733. The van der Waals surface area contributed by atoms with Crippen LogP contribution in [0.5, 0.6) is 0 Å². The number of nitrogens with zero attached hydrogens (tertiary/aromatic N) is 3. The summed E-state index contributed by atoms with van der Waals surface area (Å²) < 4.78 is 35.8. The summed E-state index contributed by atoms with van der Waals surface area (Å²) in [4.78, 5) is 14.3. The van der Waals surface area contributed by atoms with Gasteiger partial charge in [-0.05, 0) is 19.3 Å². The Morgan fingerprint density at radius 2 is 2.25 bits per heavy atom. The number of likely N-dealkylation sites (tertiary alicyclic amines) is 1. The van der Waals surface area contributed by atoms with Gasteiger partial charge in [-0.1, -0.05) is 5.16 Å². The minimum Gasteiger partial charge on any atom is -0.384 e. The van der Waals surface area contributed by atoms with Gasteiger partial charge in [-0.15, -0.1) is 0 Å². The van der Waals surface area contributed by atoms with Crippen molar-refractivity contribution in [2.45, 2.75) is 13.3 Å². The molecule has 1 aromatic heterocycles. The number of carbonyl (C=O) groups is 1. The van der Waals surface area contributed by atoms with Crippen molar-refractivity contribution in [1.29, 1.82) is 0 Å². The van der Waals surface area contributed by atoms with Crippen LogP contribution in [0.15, 0.2) is 10.6 Å². The lowest BCUT2D eigenvalue weighted by atomic mass is 9.73. The van der Waals surface area contributed by atoms with Crippen LogP contribution in [0.2, 0.25) is 0 Å². The molecule has 3 heterocycles. The van der Waals surface area contributed by atoms with Gasteiger partial charge in [-0.3, -0.25) is 4.79 Å². The second-order valence-electron chi connectivity index (χ2n) is 6.87. The zero-order chi connectivity index (χ0) is 17.5. The van der Waals surface area contributed by atoms with Crippen LogP contribution in [0, 0.1) is 18.3 Å². The van der Waals surface area contributed by atoms with Gasteiger partial charge in [0.25, 0.3) is 5.91 Å². The number of piperidine rings is 1. The SMILES string of the molecule is COCC12CCN(C(=O)c3cc(C)on3)CC1CN(S(C)(=O)=O)C2. The molecule has 1 amide bonds. The second-order valence-corrected chi connectivity index (χ2v) is 8.85. The fourth-order valence-electron chi connectivity index (χ4n) is 3.82. The summed E-state index contributed by atoms with van der Waals surface area (Å²) in [6, 6.07) is 1.62. The fourth-order valence-corrected chi connectivity index (χ4v) is 4.77.